The van der Waals surface area contributed by atoms with Gasteiger partial charge in [-0.25, -0.2) is 4.68 Å². The van der Waals surface area contributed by atoms with Gasteiger partial charge in [-0.15, -0.1) is 5.10 Å². The fraction of sp³-hybridized carbons (Fsp3) is 0.526. The number of carbonyl (C=O) groups is 1. The summed E-state index contributed by atoms with van der Waals surface area (Å²) in [5.41, 5.74) is 0.725. The van der Waals surface area contributed by atoms with Gasteiger partial charge in [0, 0.05) is 29.6 Å². The van der Waals surface area contributed by atoms with Crippen LogP contribution >= 0.6 is 0 Å². The maximum Gasteiger partial charge on any atom is 0.228 e. The summed E-state index contributed by atoms with van der Waals surface area (Å²) in [5.74, 6) is 0.963. The molecule has 2 aromatic rings. The number of nitriles is 1. The highest BCUT2D eigenvalue weighted by molar-refractivity contribution is 5.82. The van der Waals surface area contributed by atoms with Crippen molar-refractivity contribution in [2.75, 3.05) is 13.2 Å². The summed E-state index contributed by atoms with van der Waals surface area (Å²) in [7, 11) is 0. The first kappa shape index (κ1) is 17.5. The van der Waals surface area contributed by atoms with Crippen molar-refractivity contribution < 1.29 is 9.53 Å². The van der Waals surface area contributed by atoms with E-state index in [-0.39, 0.29) is 5.91 Å². The summed E-state index contributed by atoms with van der Waals surface area (Å²) in [5, 5.41) is 17.2. The second-order valence-corrected chi connectivity index (χ2v) is 7.79. The average molecular weight is 366 g/mol. The molecule has 1 saturated carbocycles. The number of aromatic nitrogens is 4. The van der Waals surface area contributed by atoms with Crippen LogP contribution in [0.1, 0.15) is 43.9 Å². The van der Waals surface area contributed by atoms with E-state index in [9.17, 15) is 10.1 Å². The van der Waals surface area contributed by atoms with Crippen LogP contribution in [0.3, 0.4) is 0 Å². The zero-order valence-electron chi connectivity index (χ0n) is 15.5. The lowest BCUT2D eigenvalue weighted by Crippen LogP contribution is -2.49. The number of carbonyl (C=O) groups excluding carboxylic acids is 1. The van der Waals surface area contributed by atoms with Gasteiger partial charge in [0.15, 0.2) is 0 Å². The lowest BCUT2D eigenvalue weighted by atomic mass is 9.64. The largest absolute Gasteiger partial charge is 0.490 e. The molecule has 1 aliphatic carbocycles. The summed E-state index contributed by atoms with van der Waals surface area (Å²) in [4.78, 5) is 19.3. The van der Waals surface area contributed by atoms with Crippen molar-refractivity contribution in [3.8, 4) is 11.8 Å². The minimum atomic E-state index is -0.470. The van der Waals surface area contributed by atoms with E-state index in [2.05, 4.69) is 21.4 Å². The Morgan fingerprint density at radius 1 is 1.37 bits per heavy atom. The van der Waals surface area contributed by atoms with Crippen LogP contribution in [0.5, 0.6) is 5.75 Å². The molecule has 0 radical (unpaired) electrons. The minimum Gasteiger partial charge on any atom is -0.490 e. The predicted molar refractivity (Wildman–Crippen MR) is 95.4 cm³/mol. The lowest BCUT2D eigenvalue weighted by Gasteiger charge is -2.45. The van der Waals surface area contributed by atoms with Gasteiger partial charge < -0.3 is 9.64 Å². The van der Waals surface area contributed by atoms with E-state index >= 15 is 0 Å². The van der Waals surface area contributed by atoms with E-state index in [1.165, 1.54) is 6.20 Å². The van der Waals surface area contributed by atoms with Gasteiger partial charge in [0.1, 0.15) is 24.0 Å². The normalized spacial score (nSPS) is 22.0. The van der Waals surface area contributed by atoms with Crippen molar-refractivity contribution in [2.45, 2.75) is 39.3 Å². The third kappa shape index (κ3) is 3.03. The number of rotatable bonds is 3. The van der Waals surface area contributed by atoms with Gasteiger partial charge in [-0.1, -0.05) is 19.1 Å². The van der Waals surface area contributed by atoms with E-state index < -0.39 is 5.41 Å². The molecule has 8 nitrogen and oxygen atoms in total. The van der Waals surface area contributed by atoms with Gasteiger partial charge in [0.05, 0.1) is 25.3 Å². The summed E-state index contributed by atoms with van der Waals surface area (Å²) in [6.07, 6.45) is 8.57. The van der Waals surface area contributed by atoms with E-state index in [1.807, 2.05) is 29.6 Å². The first-order chi connectivity index (χ1) is 13.0. The molecule has 1 amide bonds. The third-order valence-corrected chi connectivity index (χ3v) is 5.85. The minimum absolute atomic E-state index is 0.114. The monoisotopic (exact) mass is 366 g/mol. The van der Waals surface area contributed by atoms with Crippen molar-refractivity contribution in [2.24, 2.45) is 11.3 Å². The van der Waals surface area contributed by atoms with E-state index in [0.29, 0.717) is 43.0 Å². The van der Waals surface area contributed by atoms with Crippen LogP contribution < -0.4 is 4.74 Å². The van der Waals surface area contributed by atoms with Gasteiger partial charge in [-0.05, 0) is 18.8 Å². The van der Waals surface area contributed by atoms with Crippen LogP contribution in [-0.2, 0) is 11.3 Å². The summed E-state index contributed by atoms with van der Waals surface area (Å²) in [6.45, 7) is 5.34. The molecule has 4 rings (SSSR count). The number of hydrogen-bond donors (Lipinski definition) is 0. The zero-order chi connectivity index (χ0) is 19.0. The molecule has 0 atom stereocenters. The lowest BCUT2D eigenvalue weighted by molar-refractivity contribution is -0.147. The number of amides is 1. The molecule has 1 aliphatic heterocycles. The average Bonchev–Trinajstić information content (AvgIpc) is 3.04. The van der Waals surface area contributed by atoms with Gasteiger partial charge in [-0.3, -0.25) is 9.78 Å². The Kier molecular flexibility index (Phi) is 4.30. The van der Waals surface area contributed by atoms with E-state index in [1.54, 1.807) is 12.4 Å². The maximum atomic E-state index is 13.3. The Balaban J connectivity index is 1.48. The van der Waals surface area contributed by atoms with Crippen molar-refractivity contribution in [3.63, 3.8) is 0 Å². The Labute approximate surface area is 157 Å². The molecule has 0 bridgehead atoms. The number of nitrogens with zero attached hydrogens (tertiary/aromatic N) is 6. The highest BCUT2D eigenvalue weighted by atomic mass is 16.5. The summed E-state index contributed by atoms with van der Waals surface area (Å²) >= 11 is 0. The number of ether oxygens (including phenoxy) is 1. The first-order valence-electron chi connectivity index (χ1n) is 9.15. The molecule has 0 unspecified atom stereocenters. The van der Waals surface area contributed by atoms with Gasteiger partial charge >= 0.3 is 0 Å². The van der Waals surface area contributed by atoms with Crippen LogP contribution in [0.2, 0.25) is 0 Å². The Hall–Kier alpha value is -2.95. The quantitative estimate of drug-likeness (QED) is 0.823. The molecule has 27 heavy (non-hydrogen) atoms. The maximum absolute atomic E-state index is 13.3. The van der Waals surface area contributed by atoms with Crippen LogP contribution in [-0.4, -0.2) is 43.9 Å². The predicted octanol–water partition coefficient (Wildman–Crippen LogP) is 1.94. The fourth-order valence-corrected chi connectivity index (χ4v) is 3.96. The smallest absolute Gasteiger partial charge is 0.228 e. The molecular formula is C19H22N6O2. The molecule has 3 heterocycles. The molecule has 0 N–H and O–H groups in total. The van der Waals surface area contributed by atoms with Crippen molar-refractivity contribution >= 4 is 5.91 Å². The van der Waals surface area contributed by atoms with E-state index in [4.69, 9.17) is 4.74 Å². The second-order valence-electron chi connectivity index (χ2n) is 7.79. The standard InChI is InChI=1S/C19H22N6O2/c1-19(2,15-7-16(8-15)25-4-3-22-23-25)18(26)24-5-6-27-17-13(9-20)10-21-11-14(17)12-24/h3-4,10-11,15-16H,5-8,12H2,1-2H3. The molecule has 8 heteroatoms. The Bertz CT molecular complexity index is 880. The number of hydrogen-bond acceptors (Lipinski definition) is 6. The van der Waals surface area contributed by atoms with Crippen molar-refractivity contribution in [1.29, 1.82) is 5.26 Å². The Morgan fingerprint density at radius 3 is 2.89 bits per heavy atom. The van der Waals surface area contributed by atoms with Crippen LogP contribution in [0.4, 0.5) is 0 Å². The first-order valence-corrected chi connectivity index (χ1v) is 9.15. The summed E-state index contributed by atoms with van der Waals surface area (Å²) in [6, 6.07) is 2.43. The van der Waals surface area contributed by atoms with Crippen molar-refractivity contribution in [1.82, 2.24) is 24.9 Å². The zero-order valence-corrected chi connectivity index (χ0v) is 15.5. The van der Waals surface area contributed by atoms with Crippen LogP contribution in [0.25, 0.3) is 0 Å². The molecule has 0 aromatic carbocycles. The fourth-order valence-electron chi connectivity index (χ4n) is 3.96. The second kappa shape index (κ2) is 6.65. The molecule has 0 saturated heterocycles. The molecule has 1 fully saturated rings. The topological polar surface area (TPSA) is 96.9 Å². The number of fused-ring (bicyclic) bond motifs is 1. The van der Waals surface area contributed by atoms with Gasteiger partial charge in [0.2, 0.25) is 5.91 Å². The van der Waals surface area contributed by atoms with Gasteiger partial charge in [0.25, 0.3) is 0 Å². The molecular weight excluding hydrogens is 344 g/mol. The molecule has 2 aliphatic rings. The van der Waals surface area contributed by atoms with Crippen molar-refractivity contribution in [3.05, 3.63) is 35.9 Å². The van der Waals surface area contributed by atoms with Crippen LogP contribution in [0, 0.1) is 22.7 Å². The number of pyridine rings is 1. The molecule has 2 aromatic heterocycles. The molecule has 140 valence electrons. The molecule has 0 spiro atoms. The Morgan fingerprint density at radius 2 is 2.19 bits per heavy atom. The highest BCUT2D eigenvalue weighted by Gasteiger charge is 2.47. The highest BCUT2D eigenvalue weighted by Crippen LogP contribution is 2.48. The van der Waals surface area contributed by atoms with Gasteiger partial charge in [-0.2, -0.15) is 5.26 Å². The van der Waals surface area contributed by atoms with E-state index in [0.717, 1.165) is 18.4 Å². The van der Waals surface area contributed by atoms with Crippen LogP contribution in [0.15, 0.2) is 24.8 Å². The third-order valence-electron chi connectivity index (χ3n) is 5.85. The SMILES string of the molecule is CC(C)(C(=O)N1CCOc2c(C#N)cncc2C1)C1CC(n2ccnn2)C1. The summed E-state index contributed by atoms with van der Waals surface area (Å²) < 4.78 is 7.63.